The molecule has 1 spiro atoms. The number of nitrogens with zero attached hydrogens (tertiary/aromatic N) is 1. The van der Waals surface area contributed by atoms with Gasteiger partial charge in [-0.15, -0.1) is 0 Å². The van der Waals surface area contributed by atoms with E-state index < -0.39 is 29.5 Å². The Morgan fingerprint density at radius 1 is 1.25 bits per heavy atom. The number of halogens is 3. The van der Waals surface area contributed by atoms with Crippen LogP contribution in [0.15, 0.2) is 29.3 Å². The molecule has 0 amide bonds. The number of nitrogens with one attached hydrogen (secondary N) is 1. The molecule has 2 N–H and O–H groups in total. The van der Waals surface area contributed by atoms with Crippen molar-refractivity contribution in [2.45, 2.75) is 50.7 Å². The van der Waals surface area contributed by atoms with Gasteiger partial charge in [0.05, 0.1) is 5.56 Å². The molecule has 8 heteroatoms. The summed E-state index contributed by atoms with van der Waals surface area (Å²) in [6.07, 6.45) is -3.77. The number of piperidine rings is 1. The van der Waals surface area contributed by atoms with Crippen molar-refractivity contribution in [2.24, 2.45) is 0 Å². The lowest BCUT2D eigenvalue weighted by molar-refractivity contribution is -0.150. The number of alkyl halides is 3. The summed E-state index contributed by atoms with van der Waals surface area (Å²) >= 11 is 0. The zero-order valence-electron chi connectivity index (χ0n) is 15.6. The van der Waals surface area contributed by atoms with Crippen LogP contribution in [0.1, 0.15) is 36.5 Å². The molecule has 3 aliphatic rings. The molecule has 1 unspecified atom stereocenters. The molecular weight excluding hydrogens is 373 g/mol. The van der Waals surface area contributed by atoms with Crippen LogP contribution in [0, 0.1) is 0 Å². The Kier molecular flexibility index (Phi) is 4.76. The van der Waals surface area contributed by atoms with Crippen LogP contribution in [-0.4, -0.2) is 47.4 Å². The Labute approximate surface area is 161 Å². The highest BCUT2D eigenvalue weighted by molar-refractivity contribution is 5.92. The molecule has 3 aliphatic heterocycles. The van der Waals surface area contributed by atoms with Crippen LogP contribution in [0.2, 0.25) is 0 Å². The number of hydrogen-bond acceptors (Lipinski definition) is 5. The van der Waals surface area contributed by atoms with Gasteiger partial charge >= 0.3 is 12.1 Å². The second kappa shape index (κ2) is 6.86. The summed E-state index contributed by atoms with van der Waals surface area (Å²) in [5.41, 5.74) is 0.881. The van der Waals surface area contributed by atoms with Gasteiger partial charge in [0.1, 0.15) is 11.8 Å². The molecule has 1 atom stereocenters. The predicted molar refractivity (Wildman–Crippen MR) is 95.2 cm³/mol. The van der Waals surface area contributed by atoms with Crippen LogP contribution in [0.25, 0.3) is 0 Å². The molecule has 1 saturated heterocycles. The van der Waals surface area contributed by atoms with Crippen LogP contribution in [0.3, 0.4) is 0 Å². The van der Waals surface area contributed by atoms with Crippen molar-refractivity contribution in [1.82, 2.24) is 10.2 Å². The minimum Gasteiger partial charge on any atom is -0.451 e. The van der Waals surface area contributed by atoms with E-state index in [1.807, 2.05) is 0 Å². The number of aliphatic hydroxyl groups excluding tert-OH is 1. The van der Waals surface area contributed by atoms with Gasteiger partial charge in [-0.2, -0.15) is 13.2 Å². The second-order valence-corrected chi connectivity index (χ2v) is 7.75. The molecule has 1 aromatic carbocycles. The van der Waals surface area contributed by atoms with Gasteiger partial charge < -0.3 is 15.2 Å². The molecule has 4 rings (SSSR count). The van der Waals surface area contributed by atoms with Crippen LogP contribution in [0.5, 0.6) is 0 Å². The third kappa shape index (κ3) is 3.23. The van der Waals surface area contributed by atoms with Gasteiger partial charge in [-0.05, 0) is 49.7 Å². The maximum Gasteiger partial charge on any atom is 0.416 e. The van der Waals surface area contributed by atoms with E-state index in [-0.39, 0.29) is 6.54 Å². The fraction of sp³-hybridized carbons (Fsp3) is 0.550. The van der Waals surface area contributed by atoms with E-state index in [2.05, 4.69) is 5.32 Å². The van der Waals surface area contributed by atoms with Crippen molar-refractivity contribution < 1.29 is 27.8 Å². The number of hydrogen-bond donors (Lipinski definition) is 2. The Morgan fingerprint density at radius 3 is 2.64 bits per heavy atom. The number of carbonyl (C=O) groups excluding carboxylic acids is 1. The normalized spacial score (nSPS) is 23.7. The molecule has 0 radical (unpaired) electrons. The average molecular weight is 396 g/mol. The van der Waals surface area contributed by atoms with Gasteiger partial charge in [0.25, 0.3) is 0 Å². The third-order valence-corrected chi connectivity index (χ3v) is 6.08. The number of ether oxygens (including phenoxy) is 1. The first-order valence-corrected chi connectivity index (χ1v) is 9.48. The Bertz CT molecular complexity index is 828. The van der Waals surface area contributed by atoms with Gasteiger partial charge in [0.2, 0.25) is 0 Å². The zero-order chi connectivity index (χ0) is 20.1. The smallest absolute Gasteiger partial charge is 0.416 e. The zero-order valence-corrected chi connectivity index (χ0v) is 15.6. The maximum absolute atomic E-state index is 13.1. The van der Waals surface area contributed by atoms with E-state index in [1.54, 1.807) is 11.8 Å². The number of esters is 1. The van der Waals surface area contributed by atoms with Crippen LogP contribution in [0.4, 0.5) is 13.2 Å². The summed E-state index contributed by atoms with van der Waals surface area (Å²) in [4.78, 5) is 14.0. The molecule has 0 bridgehead atoms. The Hall–Kier alpha value is -1.90. The number of fused-ring (bicyclic) bond motifs is 1. The van der Waals surface area contributed by atoms with Gasteiger partial charge in [0.15, 0.2) is 0 Å². The van der Waals surface area contributed by atoms with Crippen molar-refractivity contribution in [2.75, 3.05) is 19.6 Å². The molecule has 5 nitrogen and oxygen atoms in total. The summed E-state index contributed by atoms with van der Waals surface area (Å²) in [5.74, 6) is -0.423. The standard InChI is InChI=1S/C20H23F3N2O3/c1-12-16(19(28-18(12)27)5-7-24-8-6-19)17(26)25-9-4-13-2-3-15(20(21,22)23)10-14(13)11-25/h2-3,10,17,24,26H,4-9,11H2,1H3. The summed E-state index contributed by atoms with van der Waals surface area (Å²) in [6, 6.07) is 3.78. The molecular formula is C20H23F3N2O3. The van der Waals surface area contributed by atoms with E-state index in [0.717, 1.165) is 17.7 Å². The summed E-state index contributed by atoms with van der Waals surface area (Å²) in [5, 5.41) is 14.3. The highest BCUT2D eigenvalue weighted by Gasteiger charge is 2.50. The Balaban J connectivity index is 1.62. The molecule has 0 aliphatic carbocycles. The van der Waals surface area contributed by atoms with Gasteiger partial charge in [0, 0.05) is 37.1 Å². The van der Waals surface area contributed by atoms with Gasteiger partial charge in [-0.1, -0.05) is 6.07 Å². The highest BCUT2D eigenvalue weighted by Crippen LogP contribution is 2.42. The molecule has 1 aromatic rings. The maximum atomic E-state index is 13.1. The number of benzene rings is 1. The van der Waals surface area contributed by atoms with Crippen molar-refractivity contribution in [3.05, 3.63) is 46.0 Å². The van der Waals surface area contributed by atoms with E-state index in [4.69, 9.17) is 4.74 Å². The number of carbonyl (C=O) groups is 1. The fourth-order valence-electron chi connectivity index (χ4n) is 4.54. The fourth-order valence-corrected chi connectivity index (χ4v) is 4.54. The van der Waals surface area contributed by atoms with Crippen molar-refractivity contribution in [3.63, 3.8) is 0 Å². The first-order chi connectivity index (χ1) is 13.2. The highest BCUT2D eigenvalue weighted by atomic mass is 19.4. The molecule has 0 aromatic heterocycles. The monoisotopic (exact) mass is 396 g/mol. The van der Waals surface area contributed by atoms with Crippen molar-refractivity contribution >= 4 is 5.97 Å². The van der Waals surface area contributed by atoms with E-state index in [9.17, 15) is 23.1 Å². The summed E-state index contributed by atoms with van der Waals surface area (Å²) in [7, 11) is 0. The summed E-state index contributed by atoms with van der Waals surface area (Å²) in [6.45, 7) is 3.69. The minimum atomic E-state index is -4.40. The van der Waals surface area contributed by atoms with E-state index in [0.29, 0.717) is 55.6 Å². The van der Waals surface area contributed by atoms with E-state index >= 15 is 0 Å². The quantitative estimate of drug-likeness (QED) is 0.752. The minimum absolute atomic E-state index is 0.194. The van der Waals surface area contributed by atoms with Gasteiger partial charge in [-0.3, -0.25) is 4.90 Å². The van der Waals surface area contributed by atoms with Crippen LogP contribution >= 0.6 is 0 Å². The van der Waals surface area contributed by atoms with Crippen LogP contribution < -0.4 is 5.32 Å². The number of aliphatic hydroxyl groups is 1. The second-order valence-electron chi connectivity index (χ2n) is 7.75. The molecule has 3 heterocycles. The van der Waals surface area contributed by atoms with Crippen LogP contribution in [-0.2, 0) is 28.7 Å². The van der Waals surface area contributed by atoms with E-state index in [1.165, 1.54) is 6.07 Å². The molecule has 0 saturated carbocycles. The Morgan fingerprint density at radius 2 is 1.96 bits per heavy atom. The topological polar surface area (TPSA) is 61.8 Å². The lowest BCUT2D eigenvalue weighted by Crippen LogP contribution is -2.50. The largest absolute Gasteiger partial charge is 0.451 e. The predicted octanol–water partition coefficient (Wildman–Crippen LogP) is 2.38. The first kappa shape index (κ1) is 19.4. The molecule has 1 fully saturated rings. The first-order valence-electron chi connectivity index (χ1n) is 9.48. The average Bonchev–Trinajstić information content (AvgIpc) is 2.89. The van der Waals surface area contributed by atoms with Crippen molar-refractivity contribution in [1.29, 1.82) is 0 Å². The van der Waals surface area contributed by atoms with Gasteiger partial charge in [-0.25, -0.2) is 4.79 Å². The number of rotatable bonds is 2. The molecule has 152 valence electrons. The third-order valence-electron chi connectivity index (χ3n) is 6.08. The lowest BCUT2D eigenvalue weighted by Gasteiger charge is -2.41. The SMILES string of the molecule is CC1=C(C(O)N2CCc3ccc(C(F)(F)F)cc3C2)C2(CCNCC2)OC1=O. The summed E-state index contributed by atoms with van der Waals surface area (Å²) < 4.78 is 44.9. The van der Waals surface area contributed by atoms with Crippen molar-refractivity contribution in [3.8, 4) is 0 Å². The molecule has 28 heavy (non-hydrogen) atoms. The lowest BCUT2D eigenvalue weighted by atomic mass is 9.82.